The first-order chi connectivity index (χ1) is 13.4. The van der Waals surface area contributed by atoms with Crippen LogP contribution < -0.4 is 0 Å². The first-order valence-corrected chi connectivity index (χ1v) is 10.8. The van der Waals surface area contributed by atoms with E-state index in [2.05, 4.69) is 37.8 Å². The second-order valence-corrected chi connectivity index (χ2v) is 9.02. The molecule has 4 rings (SSSR count). The summed E-state index contributed by atoms with van der Waals surface area (Å²) in [7, 11) is 0. The fraction of sp³-hybridized carbons (Fsp3) is 0.520. The lowest BCUT2D eigenvalue weighted by Crippen LogP contribution is -2.39. The van der Waals surface area contributed by atoms with Crippen molar-refractivity contribution >= 4 is 0 Å². The minimum atomic E-state index is -0.528. The summed E-state index contributed by atoms with van der Waals surface area (Å²) in [5, 5.41) is 0. The Morgan fingerprint density at radius 2 is 1.43 bits per heavy atom. The van der Waals surface area contributed by atoms with Crippen molar-refractivity contribution in [2.45, 2.75) is 64.5 Å². The van der Waals surface area contributed by atoms with Crippen LogP contribution in [0.25, 0.3) is 11.1 Å². The average molecular weight is 384 g/mol. The maximum absolute atomic E-state index is 13.5. The first kappa shape index (κ1) is 19.6. The van der Waals surface area contributed by atoms with E-state index >= 15 is 0 Å². The van der Waals surface area contributed by atoms with Gasteiger partial charge in [-0.05, 0) is 92.7 Å². The van der Waals surface area contributed by atoms with E-state index in [9.17, 15) is 8.78 Å². The topological polar surface area (TPSA) is 3.24 Å². The molecule has 2 aliphatic rings. The van der Waals surface area contributed by atoms with Gasteiger partial charge >= 0.3 is 0 Å². The Bertz CT molecular complexity index is 780. The molecule has 0 heterocycles. The van der Waals surface area contributed by atoms with Crippen LogP contribution in [0.2, 0.25) is 0 Å². The summed E-state index contributed by atoms with van der Waals surface area (Å²) in [5.41, 5.74) is 2.85. The van der Waals surface area contributed by atoms with Crippen LogP contribution in [0.5, 0.6) is 0 Å². The SMILES string of the molecule is CCN(C(C)C)C1CC2CC(c3ccc(-c4cc(F)cc(F)c4)cc3)CC2C1. The molecule has 3 heteroatoms. The molecule has 0 saturated heterocycles. The van der Waals surface area contributed by atoms with Crippen LogP contribution in [0.4, 0.5) is 8.78 Å². The van der Waals surface area contributed by atoms with Crippen LogP contribution in [-0.2, 0) is 0 Å². The molecule has 0 radical (unpaired) electrons. The highest BCUT2D eigenvalue weighted by Crippen LogP contribution is 2.51. The smallest absolute Gasteiger partial charge is 0.126 e. The lowest BCUT2D eigenvalue weighted by atomic mass is 9.92. The number of fused-ring (bicyclic) bond motifs is 1. The van der Waals surface area contributed by atoms with Crippen LogP contribution in [0, 0.1) is 23.5 Å². The van der Waals surface area contributed by atoms with Crippen LogP contribution in [0.3, 0.4) is 0 Å². The molecule has 2 fully saturated rings. The van der Waals surface area contributed by atoms with Crippen molar-refractivity contribution in [1.82, 2.24) is 4.90 Å². The van der Waals surface area contributed by atoms with Crippen molar-refractivity contribution in [2.75, 3.05) is 6.54 Å². The zero-order valence-electron chi connectivity index (χ0n) is 17.2. The van der Waals surface area contributed by atoms with E-state index in [-0.39, 0.29) is 0 Å². The Morgan fingerprint density at radius 3 is 1.93 bits per heavy atom. The zero-order chi connectivity index (χ0) is 19.8. The van der Waals surface area contributed by atoms with Crippen molar-refractivity contribution in [1.29, 1.82) is 0 Å². The lowest BCUT2D eigenvalue weighted by molar-refractivity contribution is 0.156. The summed E-state index contributed by atoms with van der Waals surface area (Å²) in [6.45, 7) is 8.05. The standard InChI is InChI=1S/C25H31F2N/c1-4-28(16(2)3)25-13-20-9-19(10-21(20)14-25)17-5-7-18(8-6-17)22-11-23(26)15-24(27)12-22/h5-8,11-12,15-16,19-21,25H,4,9-10,13-14H2,1-3H3. The second-order valence-electron chi connectivity index (χ2n) is 9.02. The molecule has 1 nitrogen and oxygen atoms in total. The van der Waals surface area contributed by atoms with E-state index < -0.39 is 11.6 Å². The van der Waals surface area contributed by atoms with E-state index in [1.807, 2.05) is 12.1 Å². The van der Waals surface area contributed by atoms with Crippen molar-refractivity contribution < 1.29 is 8.78 Å². The minimum absolute atomic E-state index is 0.528. The van der Waals surface area contributed by atoms with Gasteiger partial charge in [0.15, 0.2) is 0 Å². The number of hydrogen-bond donors (Lipinski definition) is 0. The highest BCUT2D eigenvalue weighted by Gasteiger charge is 2.43. The Hall–Kier alpha value is -1.74. The highest BCUT2D eigenvalue weighted by molar-refractivity contribution is 5.64. The molecule has 2 unspecified atom stereocenters. The first-order valence-electron chi connectivity index (χ1n) is 10.8. The molecule has 2 saturated carbocycles. The average Bonchev–Trinajstić information content (AvgIpc) is 3.20. The lowest BCUT2D eigenvalue weighted by Gasteiger charge is -2.32. The minimum Gasteiger partial charge on any atom is -0.298 e. The van der Waals surface area contributed by atoms with Crippen LogP contribution in [0.15, 0.2) is 42.5 Å². The van der Waals surface area contributed by atoms with Crippen molar-refractivity contribution in [2.24, 2.45) is 11.8 Å². The molecule has 0 N–H and O–H groups in total. The molecule has 28 heavy (non-hydrogen) atoms. The van der Waals surface area contributed by atoms with Gasteiger partial charge in [0.1, 0.15) is 11.6 Å². The van der Waals surface area contributed by atoms with E-state index in [0.29, 0.717) is 17.5 Å². The molecule has 2 aromatic rings. The maximum atomic E-state index is 13.5. The third kappa shape index (κ3) is 3.87. The van der Waals surface area contributed by atoms with Gasteiger partial charge in [-0.25, -0.2) is 8.78 Å². The van der Waals surface area contributed by atoms with Gasteiger partial charge in [0, 0.05) is 18.2 Å². The maximum Gasteiger partial charge on any atom is 0.126 e. The Balaban J connectivity index is 1.42. The molecule has 0 amide bonds. The van der Waals surface area contributed by atoms with Crippen molar-refractivity contribution in [3.63, 3.8) is 0 Å². The third-order valence-electron chi connectivity index (χ3n) is 7.07. The van der Waals surface area contributed by atoms with Crippen molar-refractivity contribution in [3.05, 3.63) is 59.7 Å². The molecular weight excluding hydrogens is 352 g/mol. The Kier molecular flexibility index (Phi) is 5.55. The van der Waals surface area contributed by atoms with Crippen molar-refractivity contribution in [3.8, 4) is 11.1 Å². The number of nitrogens with zero attached hydrogens (tertiary/aromatic N) is 1. The fourth-order valence-electron chi connectivity index (χ4n) is 5.84. The molecule has 2 aromatic carbocycles. The van der Waals surface area contributed by atoms with Gasteiger partial charge in [0.2, 0.25) is 0 Å². The fourth-order valence-corrected chi connectivity index (χ4v) is 5.84. The van der Waals surface area contributed by atoms with Gasteiger partial charge in [-0.15, -0.1) is 0 Å². The predicted molar refractivity (Wildman–Crippen MR) is 111 cm³/mol. The molecule has 0 bridgehead atoms. The van der Waals surface area contributed by atoms with Gasteiger partial charge in [-0.2, -0.15) is 0 Å². The zero-order valence-corrected chi connectivity index (χ0v) is 17.2. The van der Waals surface area contributed by atoms with E-state index in [0.717, 1.165) is 36.1 Å². The van der Waals surface area contributed by atoms with Gasteiger partial charge in [0.25, 0.3) is 0 Å². The largest absolute Gasteiger partial charge is 0.298 e. The van der Waals surface area contributed by atoms with E-state index in [1.54, 1.807) is 0 Å². The summed E-state index contributed by atoms with van der Waals surface area (Å²) in [6.07, 6.45) is 5.25. The van der Waals surface area contributed by atoms with Crippen LogP contribution in [-0.4, -0.2) is 23.5 Å². The summed E-state index contributed by atoms with van der Waals surface area (Å²) in [4.78, 5) is 2.67. The van der Waals surface area contributed by atoms with Gasteiger partial charge in [0.05, 0.1) is 0 Å². The molecule has 150 valence electrons. The summed E-state index contributed by atoms with van der Waals surface area (Å²) in [6, 6.07) is 13.4. The Morgan fingerprint density at radius 1 is 0.857 bits per heavy atom. The van der Waals surface area contributed by atoms with Gasteiger partial charge in [-0.1, -0.05) is 31.2 Å². The normalized spacial score (nSPS) is 27.0. The van der Waals surface area contributed by atoms with E-state index in [1.165, 1.54) is 43.4 Å². The number of rotatable bonds is 5. The molecular formula is C25H31F2N. The number of benzene rings is 2. The van der Waals surface area contributed by atoms with Gasteiger partial charge in [-0.3, -0.25) is 4.90 Å². The Labute approximate surface area is 167 Å². The predicted octanol–water partition coefficient (Wildman–Crippen LogP) is 6.63. The molecule has 0 aliphatic heterocycles. The molecule has 0 spiro atoms. The molecule has 2 aliphatic carbocycles. The quantitative estimate of drug-likeness (QED) is 0.560. The third-order valence-corrected chi connectivity index (χ3v) is 7.07. The molecule has 0 aromatic heterocycles. The number of hydrogen-bond acceptors (Lipinski definition) is 1. The summed E-state index contributed by atoms with van der Waals surface area (Å²) >= 11 is 0. The van der Waals surface area contributed by atoms with E-state index in [4.69, 9.17) is 0 Å². The monoisotopic (exact) mass is 383 g/mol. The van der Waals surface area contributed by atoms with Crippen LogP contribution in [0.1, 0.15) is 57.9 Å². The van der Waals surface area contributed by atoms with Gasteiger partial charge < -0.3 is 0 Å². The summed E-state index contributed by atoms with van der Waals surface area (Å²) < 4.78 is 27.0. The highest BCUT2D eigenvalue weighted by atomic mass is 19.1. The molecule has 2 atom stereocenters. The number of halogens is 2. The van der Waals surface area contributed by atoms with Crippen LogP contribution >= 0.6 is 0 Å². The second kappa shape index (κ2) is 7.94. The summed E-state index contributed by atoms with van der Waals surface area (Å²) in [5.74, 6) is 1.27.